The zero-order chi connectivity index (χ0) is 20.6. The van der Waals surface area contributed by atoms with E-state index in [-0.39, 0.29) is 11.1 Å². The van der Waals surface area contributed by atoms with E-state index < -0.39 is 0 Å². The minimum atomic E-state index is -0.0235. The van der Waals surface area contributed by atoms with E-state index in [1.165, 1.54) is 0 Å². The summed E-state index contributed by atoms with van der Waals surface area (Å²) < 4.78 is 12.1. The van der Waals surface area contributed by atoms with Gasteiger partial charge in [0.1, 0.15) is 24.7 Å². The summed E-state index contributed by atoms with van der Waals surface area (Å²) in [5.74, 6) is 1.41. The van der Waals surface area contributed by atoms with Crippen LogP contribution in [0.25, 0.3) is 0 Å². The van der Waals surface area contributed by atoms with Crippen LogP contribution in [0.3, 0.4) is 0 Å². The minimum Gasteiger partial charge on any atom is -0.488 e. The standard InChI is InChI=1S/C24H24ClNO3/c1-17(2)20-13-21(24(25)26-27)23(29-16-19-11-7-4-8-12-19)14-22(20)28-15-18-9-5-3-6-10-18/h3-14,17,27H,15-16H2,1-2H3. The fourth-order valence-electron chi connectivity index (χ4n) is 2.96. The van der Waals surface area contributed by atoms with E-state index in [9.17, 15) is 5.21 Å². The van der Waals surface area contributed by atoms with Crippen LogP contribution in [0.4, 0.5) is 0 Å². The maximum Gasteiger partial charge on any atom is 0.179 e. The van der Waals surface area contributed by atoms with Crippen molar-refractivity contribution in [3.8, 4) is 11.5 Å². The average Bonchev–Trinajstić information content (AvgIpc) is 2.76. The Balaban J connectivity index is 1.93. The average molecular weight is 410 g/mol. The van der Waals surface area contributed by atoms with Crippen molar-refractivity contribution in [1.82, 2.24) is 0 Å². The van der Waals surface area contributed by atoms with Crippen LogP contribution < -0.4 is 9.47 Å². The number of halogens is 1. The Kier molecular flexibility index (Phi) is 7.14. The summed E-state index contributed by atoms with van der Waals surface area (Å²) in [4.78, 5) is 0. The van der Waals surface area contributed by atoms with Crippen LogP contribution in [0.15, 0.2) is 78.0 Å². The topological polar surface area (TPSA) is 51.1 Å². The second kappa shape index (κ2) is 9.99. The van der Waals surface area contributed by atoms with Gasteiger partial charge < -0.3 is 14.7 Å². The molecule has 0 aromatic heterocycles. The van der Waals surface area contributed by atoms with Crippen molar-refractivity contribution in [2.75, 3.05) is 0 Å². The third-order valence-electron chi connectivity index (χ3n) is 4.52. The van der Waals surface area contributed by atoms with Gasteiger partial charge >= 0.3 is 0 Å². The van der Waals surface area contributed by atoms with Crippen LogP contribution in [-0.4, -0.2) is 10.4 Å². The fraction of sp³-hybridized carbons (Fsp3) is 0.208. The van der Waals surface area contributed by atoms with Gasteiger partial charge in [-0.1, -0.05) is 91.3 Å². The molecule has 3 rings (SSSR count). The largest absolute Gasteiger partial charge is 0.488 e. The predicted octanol–water partition coefficient (Wildman–Crippen LogP) is 6.34. The van der Waals surface area contributed by atoms with Crippen molar-refractivity contribution in [1.29, 1.82) is 0 Å². The first-order chi connectivity index (χ1) is 14.1. The lowest BCUT2D eigenvalue weighted by Crippen LogP contribution is -2.06. The van der Waals surface area contributed by atoms with Crippen molar-refractivity contribution in [2.24, 2.45) is 5.16 Å². The minimum absolute atomic E-state index is 0.0235. The summed E-state index contributed by atoms with van der Waals surface area (Å²) in [7, 11) is 0. The van der Waals surface area contributed by atoms with Gasteiger partial charge in [-0.05, 0) is 28.7 Å². The van der Waals surface area contributed by atoms with Crippen molar-refractivity contribution >= 4 is 16.8 Å². The van der Waals surface area contributed by atoms with Crippen molar-refractivity contribution < 1.29 is 14.7 Å². The predicted molar refractivity (Wildman–Crippen MR) is 116 cm³/mol. The SMILES string of the molecule is CC(C)c1cc(C(Cl)=NO)c(OCc2ccccc2)cc1OCc1ccccc1. The molecule has 3 aromatic rings. The lowest BCUT2D eigenvalue weighted by Gasteiger charge is -2.19. The summed E-state index contributed by atoms with van der Waals surface area (Å²) >= 11 is 6.16. The number of oxime groups is 1. The molecule has 0 aliphatic rings. The quantitative estimate of drug-likeness (QED) is 0.268. The molecule has 0 atom stereocenters. The first-order valence-electron chi connectivity index (χ1n) is 9.47. The molecule has 0 spiro atoms. The summed E-state index contributed by atoms with van der Waals surface area (Å²) in [5, 5.41) is 12.4. The van der Waals surface area contributed by atoms with Crippen LogP contribution in [-0.2, 0) is 13.2 Å². The van der Waals surface area contributed by atoms with E-state index in [0.29, 0.717) is 24.5 Å². The van der Waals surface area contributed by atoms with Gasteiger partial charge in [0.05, 0.1) is 5.56 Å². The Hall–Kier alpha value is -2.98. The zero-order valence-corrected chi connectivity index (χ0v) is 17.3. The molecule has 1 N–H and O–H groups in total. The molecule has 29 heavy (non-hydrogen) atoms. The Morgan fingerprint density at radius 3 is 1.86 bits per heavy atom. The van der Waals surface area contributed by atoms with Gasteiger partial charge in [0.25, 0.3) is 0 Å². The number of rotatable bonds is 8. The highest BCUT2D eigenvalue weighted by Crippen LogP contribution is 2.35. The summed E-state index contributed by atoms with van der Waals surface area (Å²) in [6.45, 7) is 4.95. The lowest BCUT2D eigenvalue weighted by molar-refractivity contribution is 0.286. The van der Waals surface area contributed by atoms with Crippen LogP contribution in [0.1, 0.15) is 42.0 Å². The number of hydrogen-bond acceptors (Lipinski definition) is 4. The molecule has 150 valence electrons. The third-order valence-corrected chi connectivity index (χ3v) is 4.80. The summed E-state index contributed by atoms with van der Waals surface area (Å²) in [5.41, 5.74) is 3.59. The van der Waals surface area contributed by atoms with Gasteiger partial charge in [-0.2, -0.15) is 0 Å². The molecular weight excluding hydrogens is 386 g/mol. The fourth-order valence-corrected chi connectivity index (χ4v) is 3.11. The molecule has 4 nitrogen and oxygen atoms in total. The van der Waals surface area contributed by atoms with Gasteiger partial charge in [-0.25, -0.2) is 0 Å². The van der Waals surface area contributed by atoms with Crippen molar-refractivity contribution in [3.63, 3.8) is 0 Å². The molecule has 0 bridgehead atoms. The third kappa shape index (κ3) is 5.52. The van der Waals surface area contributed by atoms with Crippen molar-refractivity contribution in [3.05, 3.63) is 95.1 Å². The van der Waals surface area contributed by atoms with E-state index in [1.807, 2.05) is 72.8 Å². The molecule has 0 saturated carbocycles. The van der Waals surface area contributed by atoms with E-state index in [1.54, 1.807) is 0 Å². The number of benzene rings is 3. The highest BCUT2D eigenvalue weighted by Gasteiger charge is 2.18. The number of nitrogens with zero attached hydrogens (tertiary/aromatic N) is 1. The normalized spacial score (nSPS) is 11.5. The van der Waals surface area contributed by atoms with E-state index in [2.05, 4.69) is 19.0 Å². The number of ether oxygens (including phenoxy) is 2. The van der Waals surface area contributed by atoms with Gasteiger partial charge in [0.15, 0.2) is 5.17 Å². The number of hydrogen-bond donors (Lipinski definition) is 1. The first kappa shape index (κ1) is 20.7. The van der Waals surface area contributed by atoms with Crippen LogP contribution in [0.5, 0.6) is 11.5 Å². The molecule has 0 amide bonds. The molecular formula is C24H24ClNO3. The van der Waals surface area contributed by atoms with Gasteiger partial charge in [0.2, 0.25) is 0 Å². The Morgan fingerprint density at radius 2 is 1.38 bits per heavy atom. The van der Waals surface area contributed by atoms with Gasteiger partial charge in [-0.3, -0.25) is 0 Å². The highest BCUT2D eigenvalue weighted by atomic mass is 35.5. The maximum absolute atomic E-state index is 9.22. The molecule has 0 heterocycles. The second-order valence-corrected chi connectivity index (χ2v) is 7.34. The van der Waals surface area contributed by atoms with E-state index in [4.69, 9.17) is 21.1 Å². The second-order valence-electron chi connectivity index (χ2n) is 6.98. The van der Waals surface area contributed by atoms with Crippen LogP contribution in [0.2, 0.25) is 0 Å². The zero-order valence-electron chi connectivity index (χ0n) is 16.5. The summed E-state index contributed by atoms with van der Waals surface area (Å²) in [6.07, 6.45) is 0. The molecule has 0 radical (unpaired) electrons. The Bertz CT molecular complexity index is 957. The Labute approximate surface area is 176 Å². The lowest BCUT2D eigenvalue weighted by atomic mass is 9.99. The maximum atomic E-state index is 9.22. The Morgan fingerprint density at radius 1 is 0.862 bits per heavy atom. The molecule has 0 unspecified atom stereocenters. The van der Waals surface area contributed by atoms with Crippen molar-refractivity contribution in [2.45, 2.75) is 33.0 Å². The van der Waals surface area contributed by atoms with E-state index in [0.717, 1.165) is 22.4 Å². The molecule has 3 aromatic carbocycles. The van der Waals surface area contributed by atoms with Crippen LogP contribution in [0, 0.1) is 0 Å². The molecule has 0 aliphatic heterocycles. The van der Waals surface area contributed by atoms with Crippen LogP contribution >= 0.6 is 11.6 Å². The first-order valence-corrected chi connectivity index (χ1v) is 9.85. The van der Waals surface area contributed by atoms with Gasteiger partial charge in [-0.15, -0.1) is 0 Å². The van der Waals surface area contributed by atoms with Gasteiger partial charge in [0, 0.05) is 6.07 Å². The molecule has 0 saturated heterocycles. The summed E-state index contributed by atoms with van der Waals surface area (Å²) in [6, 6.07) is 23.5. The monoisotopic (exact) mass is 409 g/mol. The smallest absolute Gasteiger partial charge is 0.179 e. The molecule has 0 aliphatic carbocycles. The molecule has 0 fully saturated rings. The molecule has 5 heteroatoms. The highest BCUT2D eigenvalue weighted by molar-refractivity contribution is 6.69. The van der Waals surface area contributed by atoms with E-state index >= 15 is 0 Å².